The Morgan fingerprint density at radius 2 is 2.05 bits per heavy atom. The average Bonchev–Trinajstić information content (AvgIpc) is 2.95. The number of carboxylic acid groups (broad SMARTS) is 1. The minimum atomic E-state index is -1.08. The van der Waals surface area contributed by atoms with Crippen molar-refractivity contribution in [2.24, 2.45) is 0 Å². The number of likely N-dealkylation sites (tertiary alicyclic amines) is 1. The highest BCUT2D eigenvalue weighted by Crippen LogP contribution is 2.23. The van der Waals surface area contributed by atoms with E-state index in [1.165, 1.54) is 4.90 Å². The van der Waals surface area contributed by atoms with Crippen LogP contribution in [0.15, 0.2) is 0 Å². The van der Waals surface area contributed by atoms with Gasteiger partial charge in [-0.15, -0.1) is 0 Å². The van der Waals surface area contributed by atoms with Gasteiger partial charge in [-0.2, -0.15) is 0 Å². The lowest BCUT2D eigenvalue weighted by Crippen LogP contribution is -2.48. The Bertz CT molecular complexity index is 362. The van der Waals surface area contributed by atoms with Crippen molar-refractivity contribution in [3.63, 3.8) is 0 Å². The van der Waals surface area contributed by atoms with E-state index in [9.17, 15) is 14.7 Å². The second kappa shape index (κ2) is 5.75. The molecule has 0 radical (unpaired) electrons. The van der Waals surface area contributed by atoms with E-state index in [0.717, 1.165) is 19.3 Å². The Hall–Kier alpha value is -1.34. The zero-order chi connectivity index (χ0) is 14.0. The van der Waals surface area contributed by atoms with Gasteiger partial charge >= 0.3 is 12.0 Å². The van der Waals surface area contributed by atoms with Crippen LogP contribution in [0.5, 0.6) is 0 Å². The number of hydrogen-bond donors (Lipinski definition) is 3. The molecule has 19 heavy (non-hydrogen) atoms. The number of urea groups is 1. The number of β-amino-alcohol motifs (C(OH)–C–C–N with tert-alkyl or cyclic N) is 1. The van der Waals surface area contributed by atoms with Gasteiger partial charge in [0, 0.05) is 26.1 Å². The largest absolute Gasteiger partial charge is 0.480 e. The number of carbonyl (C=O) groups is 2. The molecule has 108 valence electrons. The van der Waals surface area contributed by atoms with E-state index in [2.05, 4.69) is 5.32 Å². The maximum atomic E-state index is 12.1. The third kappa shape index (κ3) is 3.16. The molecule has 7 heteroatoms. The number of rotatable bonds is 3. The van der Waals surface area contributed by atoms with Crippen LogP contribution in [0, 0.1) is 0 Å². The molecule has 0 aromatic carbocycles. The lowest BCUT2D eigenvalue weighted by Gasteiger charge is -2.24. The Kier molecular flexibility index (Phi) is 4.26. The zero-order valence-corrected chi connectivity index (χ0v) is 10.9. The monoisotopic (exact) mass is 272 g/mol. The molecule has 2 amide bonds. The molecule has 2 rings (SSSR count). The summed E-state index contributed by atoms with van der Waals surface area (Å²) in [6.07, 6.45) is 1.96. The van der Waals surface area contributed by atoms with Gasteiger partial charge < -0.3 is 25.2 Å². The van der Waals surface area contributed by atoms with Crippen LogP contribution in [-0.4, -0.2) is 65.1 Å². The van der Waals surface area contributed by atoms with E-state index >= 15 is 0 Å². The van der Waals surface area contributed by atoms with Crippen molar-refractivity contribution in [2.45, 2.75) is 50.0 Å². The van der Waals surface area contributed by atoms with Crippen LogP contribution < -0.4 is 5.32 Å². The number of hydrogen-bond acceptors (Lipinski definition) is 4. The first-order valence-electron chi connectivity index (χ1n) is 6.52. The highest BCUT2D eigenvalue weighted by Gasteiger charge is 2.40. The Morgan fingerprint density at radius 3 is 2.63 bits per heavy atom. The molecule has 0 aromatic rings. The van der Waals surface area contributed by atoms with E-state index in [-0.39, 0.29) is 25.1 Å². The maximum Gasteiger partial charge on any atom is 0.326 e. The number of aliphatic hydroxyl groups excluding tert-OH is 1. The quantitative estimate of drug-likeness (QED) is 0.660. The molecule has 1 aliphatic heterocycles. The normalized spacial score (nSPS) is 34.5. The van der Waals surface area contributed by atoms with E-state index in [0.29, 0.717) is 0 Å². The summed E-state index contributed by atoms with van der Waals surface area (Å²) < 4.78 is 5.23. The number of carboxylic acids is 1. The summed E-state index contributed by atoms with van der Waals surface area (Å²) in [5.74, 6) is -1.08. The van der Waals surface area contributed by atoms with Crippen molar-refractivity contribution in [2.75, 3.05) is 13.7 Å². The standard InChI is InChI=1S/C12H20N2O5/c1-19-9-3-2-7(4-9)13-12(18)14-6-8(15)5-10(14)11(16)17/h7-10,15H,2-6H2,1H3,(H,13,18)(H,16,17)/t7?,8?,9?,10-/m0/s1. The van der Waals surface area contributed by atoms with Crippen LogP contribution >= 0.6 is 0 Å². The predicted octanol–water partition coefficient (Wildman–Crippen LogP) is -0.217. The second-order valence-electron chi connectivity index (χ2n) is 5.21. The number of nitrogens with one attached hydrogen (secondary N) is 1. The summed E-state index contributed by atoms with van der Waals surface area (Å²) in [5, 5.41) is 21.4. The Morgan fingerprint density at radius 1 is 1.32 bits per heavy atom. The fraction of sp³-hybridized carbons (Fsp3) is 0.833. The van der Waals surface area contributed by atoms with Crippen molar-refractivity contribution >= 4 is 12.0 Å². The number of aliphatic carboxylic acids is 1. The molecule has 1 heterocycles. The molecule has 3 N–H and O–H groups in total. The van der Waals surface area contributed by atoms with Gasteiger partial charge in [0.25, 0.3) is 0 Å². The fourth-order valence-corrected chi connectivity index (χ4v) is 2.82. The lowest BCUT2D eigenvalue weighted by atomic mass is 10.2. The van der Waals surface area contributed by atoms with Crippen LogP contribution in [0.3, 0.4) is 0 Å². The molecule has 1 saturated heterocycles. The van der Waals surface area contributed by atoms with Crippen molar-refractivity contribution < 1.29 is 24.5 Å². The molecule has 0 spiro atoms. The summed E-state index contributed by atoms with van der Waals surface area (Å²) in [7, 11) is 1.64. The molecule has 7 nitrogen and oxygen atoms in total. The number of aliphatic hydroxyl groups is 1. The molecular formula is C12H20N2O5. The highest BCUT2D eigenvalue weighted by molar-refractivity contribution is 5.83. The molecule has 2 fully saturated rings. The fourth-order valence-electron chi connectivity index (χ4n) is 2.82. The summed E-state index contributed by atoms with van der Waals surface area (Å²) >= 11 is 0. The van der Waals surface area contributed by atoms with Gasteiger partial charge in [0.05, 0.1) is 12.2 Å². The van der Waals surface area contributed by atoms with Gasteiger partial charge in [-0.25, -0.2) is 9.59 Å². The van der Waals surface area contributed by atoms with Crippen LogP contribution in [0.2, 0.25) is 0 Å². The van der Waals surface area contributed by atoms with Crippen LogP contribution in [-0.2, 0) is 9.53 Å². The van der Waals surface area contributed by atoms with Gasteiger partial charge in [-0.3, -0.25) is 0 Å². The van der Waals surface area contributed by atoms with Crippen LogP contribution in [0.1, 0.15) is 25.7 Å². The highest BCUT2D eigenvalue weighted by atomic mass is 16.5. The first-order valence-corrected chi connectivity index (χ1v) is 6.52. The third-order valence-electron chi connectivity index (χ3n) is 3.87. The molecule has 4 atom stereocenters. The molecule has 0 bridgehead atoms. The molecular weight excluding hydrogens is 252 g/mol. The molecule has 1 saturated carbocycles. The Labute approximate surface area is 111 Å². The maximum absolute atomic E-state index is 12.1. The zero-order valence-electron chi connectivity index (χ0n) is 10.9. The summed E-state index contributed by atoms with van der Waals surface area (Å²) in [5.41, 5.74) is 0. The minimum Gasteiger partial charge on any atom is -0.480 e. The topological polar surface area (TPSA) is 99.1 Å². The van der Waals surface area contributed by atoms with E-state index in [1.54, 1.807) is 7.11 Å². The van der Waals surface area contributed by atoms with E-state index in [1.807, 2.05) is 0 Å². The van der Waals surface area contributed by atoms with Crippen molar-refractivity contribution in [3.8, 4) is 0 Å². The van der Waals surface area contributed by atoms with Gasteiger partial charge in [0.1, 0.15) is 6.04 Å². The van der Waals surface area contributed by atoms with Crippen LogP contribution in [0.4, 0.5) is 4.79 Å². The number of ether oxygens (including phenoxy) is 1. The lowest BCUT2D eigenvalue weighted by molar-refractivity contribution is -0.141. The number of nitrogens with zero attached hydrogens (tertiary/aromatic N) is 1. The van der Waals surface area contributed by atoms with Crippen LogP contribution in [0.25, 0.3) is 0 Å². The SMILES string of the molecule is COC1CCC(NC(=O)N2CC(O)C[C@H]2C(=O)O)C1. The smallest absolute Gasteiger partial charge is 0.326 e. The Balaban J connectivity index is 1.90. The summed E-state index contributed by atoms with van der Waals surface area (Å²) in [6, 6.07) is -1.33. The number of carbonyl (C=O) groups excluding carboxylic acids is 1. The second-order valence-corrected chi connectivity index (χ2v) is 5.21. The van der Waals surface area contributed by atoms with Crippen molar-refractivity contribution in [1.29, 1.82) is 0 Å². The number of methoxy groups -OCH3 is 1. The summed E-state index contributed by atoms with van der Waals surface area (Å²) in [4.78, 5) is 24.3. The van der Waals surface area contributed by atoms with E-state index < -0.39 is 24.1 Å². The van der Waals surface area contributed by atoms with Gasteiger partial charge in [-0.1, -0.05) is 0 Å². The van der Waals surface area contributed by atoms with Gasteiger partial charge in [-0.05, 0) is 19.3 Å². The summed E-state index contributed by atoms with van der Waals surface area (Å²) in [6.45, 7) is 0.0726. The molecule has 0 aromatic heterocycles. The third-order valence-corrected chi connectivity index (χ3v) is 3.87. The van der Waals surface area contributed by atoms with E-state index in [4.69, 9.17) is 9.84 Å². The van der Waals surface area contributed by atoms with Crippen molar-refractivity contribution in [3.05, 3.63) is 0 Å². The molecule has 1 aliphatic carbocycles. The number of amides is 2. The predicted molar refractivity (Wildman–Crippen MR) is 65.7 cm³/mol. The van der Waals surface area contributed by atoms with Gasteiger partial charge in [0.2, 0.25) is 0 Å². The molecule has 2 aliphatic rings. The first-order chi connectivity index (χ1) is 9.01. The minimum absolute atomic E-state index is 0.0182. The van der Waals surface area contributed by atoms with Crippen molar-refractivity contribution in [1.82, 2.24) is 10.2 Å². The van der Waals surface area contributed by atoms with Gasteiger partial charge in [0.15, 0.2) is 0 Å². The average molecular weight is 272 g/mol. The first kappa shape index (κ1) is 14.1. The molecule has 3 unspecified atom stereocenters.